The molecule has 1 heterocycles. The molecular weight excluding hydrogens is 345 g/mol. The van der Waals surface area contributed by atoms with Gasteiger partial charge in [0.1, 0.15) is 0 Å². The highest BCUT2D eigenvalue weighted by Crippen LogP contribution is 2.62. The van der Waals surface area contributed by atoms with Crippen LogP contribution in [-0.2, 0) is 20.0 Å². The van der Waals surface area contributed by atoms with Crippen LogP contribution in [0.1, 0.15) is 46.6 Å². The van der Waals surface area contributed by atoms with Crippen LogP contribution in [0, 0.1) is 0 Å². The molecule has 0 saturated heterocycles. The molecule has 0 amide bonds. The third-order valence-corrected chi connectivity index (χ3v) is 8.01. The maximum absolute atomic E-state index is 13.4. The number of hydrogen-bond acceptors (Lipinski definition) is 4. The zero-order valence-corrected chi connectivity index (χ0v) is 17.4. The van der Waals surface area contributed by atoms with Gasteiger partial charge in [0.15, 0.2) is 0 Å². The smallest absolute Gasteiger partial charge is 0.336 e. The van der Waals surface area contributed by atoms with Gasteiger partial charge in [-0.3, -0.25) is 4.57 Å². The number of benzene rings is 2. The van der Waals surface area contributed by atoms with Crippen molar-refractivity contribution in [2.45, 2.75) is 58.2 Å². The topological polar surface area (TPSA) is 47.6 Å². The van der Waals surface area contributed by atoms with Crippen molar-refractivity contribution in [3.8, 4) is 0 Å². The van der Waals surface area contributed by atoms with Crippen molar-refractivity contribution >= 4 is 24.1 Å². The highest BCUT2D eigenvalue weighted by atomic mass is 31.2. The molecule has 1 N–H and O–H groups in total. The predicted molar refractivity (Wildman–Crippen MR) is 109 cm³/mol. The first-order chi connectivity index (χ1) is 12.2. The summed E-state index contributed by atoms with van der Waals surface area (Å²) < 4.78 is 24.7. The van der Waals surface area contributed by atoms with Gasteiger partial charge >= 0.3 is 7.60 Å². The lowest BCUT2D eigenvalue weighted by Gasteiger charge is -2.43. The fourth-order valence-electron chi connectivity index (χ4n) is 4.34. The standard InChI is InChI=1S/C21H30NO3P/c1-6-24-26(23,25-7-2)20(3,4)15-21(5)14-17-12-8-10-16-11-9-13-18(22-21)19(16)17/h8-13,22H,6-7,14-15H2,1-5H3. The molecule has 4 nitrogen and oxygen atoms in total. The zero-order valence-electron chi connectivity index (χ0n) is 16.5. The van der Waals surface area contributed by atoms with E-state index >= 15 is 0 Å². The molecule has 0 saturated carbocycles. The van der Waals surface area contributed by atoms with Crippen molar-refractivity contribution in [1.29, 1.82) is 0 Å². The molecule has 0 bridgehead atoms. The fraction of sp³-hybridized carbons (Fsp3) is 0.524. The lowest BCUT2D eigenvalue weighted by atomic mass is 9.80. The van der Waals surface area contributed by atoms with E-state index in [0.29, 0.717) is 19.6 Å². The van der Waals surface area contributed by atoms with Crippen LogP contribution in [0.2, 0.25) is 0 Å². The molecule has 142 valence electrons. The molecule has 0 radical (unpaired) electrons. The van der Waals surface area contributed by atoms with Crippen LogP contribution >= 0.6 is 7.60 Å². The minimum absolute atomic E-state index is 0.226. The fourth-order valence-corrected chi connectivity index (χ4v) is 6.34. The average Bonchev–Trinajstić information content (AvgIpc) is 2.54. The van der Waals surface area contributed by atoms with Gasteiger partial charge in [-0.25, -0.2) is 0 Å². The SMILES string of the molecule is CCOP(=O)(OCC)C(C)(C)CC1(C)Cc2cccc3cccc(c23)N1. The molecule has 1 unspecified atom stereocenters. The van der Waals surface area contributed by atoms with Crippen molar-refractivity contribution in [1.82, 2.24) is 0 Å². The van der Waals surface area contributed by atoms with Crippen molar-refractivity contribution in [3.05, 3.63) is 42.0 Å². The van der Waals surface area contributed by atoms with Gasteiger partial charge in [-0.05, 0) is 64.5 Å². The maximum atomic E-state index is 13.4. The number of rotatable bonds is 7. The van der Waals surface area contributed by atoms with E-state index in [2.05, 4.69) is 48.6 Å². The second kappa shape index (κ2) is 6.99. The van der Waals surface area contributed by atoms with Gasteiger partial charge in [-0.2, -0.15) is 0 Å². The van der Waals surface area contributed by atoms with E-state index in [4.69, 9.17) is 9.05 Å². The van der Waals surface area contributed by atoms with Crippen molar-refractivity contribution in [3.63, 3.8) is 0 Å². The lowest BCUT2D eigenvalue weighted by Crippen LogP contribution is -2.45. The van der Waals surface area contributed by atoms with Crippen LogP contribution in [0.3, 0.4) is 0 Å². The molecule has 1 aliphatic rings. The molecule has 2 aromatic rings. The Labute approximate surface area is 156 Å². The summed E-state index contributed by atoms with van der Waals surface area (Å²) in [6, 6.07) is 12.8. The second-order valence-corrected chi connectivity index (χ2v) is 10.7. The van der Waals surface area contributed by atoms with Crippen molar-refractivity contribution < 1.29 is 13.6 Å². The highest BCUT2D eigenvalue weighted by molar-refractivity contribution is 7.55. The first kappa shape index (κ1) is 19.4. The average molecular weight is 375 g/mol. The molecule has 1 aliphatic heterocycles. The first-order valence-corrected chi connectivity index (χ1v) is 11.0. The van der Waals surface area contributed by atoms with Gasteiger partial charge in [0.25, 0.3) is 0 Å². The predicted octanol–water partition coefficient (Wildman–Crippen LogP) is 6.00. The normalized spacial score (nSPS) is 20.2. The van der Waals surface area contributed by atoms with E-state index in [1.54, 1.807) is 0 Å². The van der Waals surface area contributed by atoms with Crippen molar-refractivity contribution in [2.24, 2.45) is 0 Å². The Morgan fingerprint density at radius 1 is 1.12 bits per heavy atom. The second-order valence-electron chi connectivity index (χ2n) is 8.01. The lowest BCUT2D eigenvalue weighted by molar-refractivity contribution is 0.192. The van der Waals surface area contributed by atoms with Gasteiger partial charge in [0.2, 0.25) is 0 Å². The van der Waals surface area contributed by atoms with E-state index in [9.17, 15) is 4.57 Å². The van der Waals surface area contributed by atoms with E-state index in [1.807, 2.05) is 27.7 Å². The monoisotopic (exact) mass is 375 g/mol. The molecule has 0 aliphatic carbocycles. The van der Waals surface area contributed by atoms with Crippen LogP contribution < -0.4 is 5.32 Å². The quantitative estimate of drug-likeness (QED) is 0.603. The summed E-state index contributed by atoms with van der Waals surface area (Å²) in [5.74, 6) is 0. The summed E-state index contributed by atoms with van der Waals surface area (Å²) in [6.45, 7) is 10.7. The van der Waals surface area contributed by atoms with Crippen LogP contribution in [0.25, 0.3) is 10.8 Å². The molecule has 2 aromatic carbocycles. The molecule has 0 fully saturated rings. The largest absolute Gasteiger partial charge is 0.379 e. The summed E-state index contributed by atoms with van der Waals surface area (Å²) in [5, 5.41) is 5.67. The Balaban J connectivity index is 1.94. The molecular formula is C21H30NO3P. The minimum Gasteiger partial charge on any atom is -0.379 e. The zero-order chi connectivity index (χ0) is 19.0. The summed E-state index contributed by atoms with van der Waals surface area (Å²) in [5.41, 5.74) is 2.25. The Morgan fingerprint density at radius 3 is 2.35 bits per heavy atom. The van der Waals surface area contributed by atoms with E-state index < -0.39 is 12.8 Å². The van der Waals surface area contributed by atoms with Gasteiger partial charge in [-0.15, -0.1) is 0 Å². The van der Waals surface area contributed by atoms with Crippen LogP contribution in [0.15, 0.2) is 36.4 Å². The Bertz CT molecular complexity index is 796. The highest BCUT2D eigenvalue weighted by Gasteiger charge is 2.48. The van der Waals surface area contributed by atoms with E-state index in [0.717, 1.165) is 12.1 Å². The van der Waals surface area contributed by atoms with Crippen molar-refractivity contribution in [2.75, 3.05) is 18.5 Å². The Morgan fingerprint density at radius 2 is 1.73 bits per heavy atom. The molecule has 1 atom stereocenters. The Hall–Kier alpha value is -1.35. The molecule has 0 aromatic heterocycles. The number of hydrogen-bond donors (Lipinski definition) is 1. The number of anilines is 1. The number of nitrogens with one attached hydrogen (secondary N) is 1. The van der Waals surface area contributed by atoms with Crippen LogP contribution in [0.4, 0.5) is 5.69 Å². The first-order valence-electron chi connectivity index (χ1n) is 9.42. The Kier molecular flexibility index (Phi) is 5.22. The third-order valence-electron chi connectivity index (χ3n) is 5.17. The van der Waals surface area contributed by atoms with Crippen LogP contribution in [-0.4, -0.2) is 23.9 Å². The molecule has 0 spiro atoms. The van der Waals surface area contributed by atoms with E-state index in [1.165, 1.54) is 16.3 Å². The van der Waals surface area contributed by atoms with Gasteiger partial charge in [0, 0.05) is 16.6 Å². The summed E-state index contributed by atoms with van der Waals surface area (Å²) >= 11 is 0. The third kappa shape index (κ3) is 3.43. The molecule has 5 heteroatoms. The maximum Gasteiger partial charge on any atom is 0.336 e. The molecule has 3 rings (SSSR count). The summed E-state index contributed by atoms with van der Waals surface area (Å²) in [4.78, 5) is 0. The van der Waals surface area contributed by atoms with Crippen LogP contribution in [0.5, 0.6) is 0 Å². The van der Waals surface area contributed by atoms with Gasteiger partial charge < -0.3 is 14.4 Å². The van der Waals surface area contributed by atoms with Gasteiger partial charge in [-0.1, -0.05) is 30.3 Å². The minimum atomic E-state index is -3.21. The molecule has 26 heavy (non-hydrogen) atoms. The van der Waals surface area contributed by atoms with Gasteiger partial charge in [0.05, 0.1) is 18.4 Å². The summed E-state index contributed by atoms with van der Waals surface area (Å²) in [6.07, 6.45) is 1.56. The van der Waals surface area contributed by atoms with E-state index in [-0.39, 0.29) is 5.54 Å². The summed E-state index contributed by atoms with van der Waals surface area (Å²) in [7, 11) is -3.21.